The molecule has 6 nitrogen and oxygen atoms in total. The average molecular weight is 414 g/mol. The highest BCUT2D eigenvalue weighted by Crippen LogP contribution is 2.33. The number of rotatable bonds is 5. The van der Waals surface area contributed by atoms with Crippen molar-refractivity contribution in [2.75, 3.05) is 12.0 Å². The van der Waals surface area contributed by atoms with Gasteiger partial charge in [0, 0.05) is 23.3 Å². The molecule has 0 aliphatic rings. The van der Waals surface area contributed by atoms with Gasteiger partial charge in [-0.3, -0.25) is 14.7 Å². The lowest BCUT2D eigenvalue weighted by molar-refractivity contribution is 0.0986. The molecule has 3 heterocycles. The Morgan fingerprint density at radius 2 is 2.00 bits per heavy atom. The van der Waals surface area contributed by atoms with Crippen molar-refractivity contribution in [1.82, 2.24) is 15.0 Å². The van der Waals surface area contributed by atoms with E-state index in [-0.39, 0.29) is 5.91 Å². The van der Waals surface area contributed by atoms with Crippen LogP contribution < -0.4 is 9.64 Å². The smallest absolute Gasteiger partial charge is 0.262 e. The summed E-state index contributed by atoms with van der Waals surface area (Å²) in [5, 5.41) is 1.51. The van der Waals surface area contributed by atoms with Crippen LogP contribution in [0.3, 0.4) is 0 Å². The van der Waals surface area contributed by atoms with Crippen LogP contribution in [0.5, 0.6) is 5.75 Å². The van der Waals surface area contributed by atoms with Crippen LogP contribution in [0, 0.1) is 0 Å². The molecule has 148 valence electrons. The summed E-state index contributed by atoms with van der Waals surface area (Å²) < 4.78 is 6.29. The number of hydrogen-bond donors (Lipinski definition) is 1. The van der Waals surface area contributed by atoms with Gasteiger partial charge in [-0.05, 0) is 36.4 Å². The molecule has 0 bridgehead atoms. The van der Waals surface area contributed by atoms with E-state index in [2.05, 4.69) is 9.97 Å². The molecule has 0 radical (unpaired) electrons. The summed E-state index contributed by atoms with van der Waals surface area (Å²) in [6.07, 6.45) is 3.49. The lowest BCUT2D eigenvalue weighted by Crippen LogP contribution is -2.30. The summed E-state index contributed by atoms with van der Waals surface area (Å²) in [5.74, 6) is 0.640. The Hall–Kier alpha value is -3.71. The number of pyridine rings is 1. The third kappa shape index (κ3) is 3.29. The van der Waals surface area contributed by atoms with Crippen LogP contribution in [-0.4, -0.2) is 28.0 Å². The second-order valence-corrected chi connectivity index (χ2v) is 7.80. The number of nitrogens with zero attached hydrogens (tertiary/aromatic N) is 3. The number of aromatic amines is 1. The van der Waals surface area contributed by atoms with Crippen molar-refractivity contribution < 1.29 is 9.53 Å². The number of carbonyl (C=O) groups is 1. The molecule has 0 spiro atoms. The van der Waals surface area contributed by atoms with Crippen molar-refractivity contribution in [1.29, 1.82) is 0 Å². The van der Waals surface area contributed by atoms with E-state index in [1.807, 2.05) is 60.7 Å². The van der Waals surface area contributed by atoms with Crippen LogP contribution in [-0.2, 0) is 6.54 Å². The zero-order valence-corrected chi connectivity index (χ0v) is 17.0. The van der Waals surface area contributed by atoms with Crippen molar-refractivity contribution in [2.24, 2.45) is 0 Å². The summed E-state index contributed by atoms with van der Waals surface area (Å²) >= 11 is 1.46. The summed E-state index contributed by atoms with van der Waals surface area (Å²) in [7, 11) is 1.64. The molecule has 0 aliphatic carbocycles. The van der Waals surface area contributed by atoms with Gasteiger partial charge in [0.2, 0.25) is 0 Å². The number of methoxy groups -OCH3 is 1. The first kappa shape index (κ1) is 18.3. The lowest BCUT2D eigenvalue weighted by Gasteiger charge is -2.19. The molecule has 0 fully saturated rings. The largest absolute Gasteiger partial charge is 0.497 e. The number of H-pyrrole nitrogens is 1. The van der Waals surface area contributed by atoms with Crippen LogP contribution in [0.2, 0.25) is 0 Å². The van der Waals surface area contributed by atoms with E-state index in [1.165, 1.54) is 11.3 Å². The first-order valence-electron chi connectivity index (χ1n) is 9.45. The Labute approximate surface area is 176 Å². The zero-order chi connectivity index (χ0) is 20.5. The fraction of sp³-hybridized carbons (Fsp3) is 0.0870. The van der Waals surface area contributed by atoms with E-state index in [1.54, 1.807) is 24.4 Å². The van der Waals surface area contributed by atoms with Gasteiger partial charge in [-0.1, -0.05) is 35.6 Å². The van der Waals surface area contributed by atoms with Crippen molar-refractivity contribution in [3.05, 3.63) is 84.3 Å². The molecule has 0 saturated heterocycles. The fourth-order valence-electron chi connectivity index (χ4n) is 3.41. The molecule has 0 unspecified atom stereocenters. The van der Waals surface area contributed by atoms with Crippen LogP contribution in [0.25, 0.3) is 21.1 Å². The molecule has 7 heteroatoms. The molecule has 1 amide bonds. The number of hydrogen-bond acceptors (Lipinski definition) is 5. The quantitative estimate of drug-likeness (QED) is 0.438. The molecule has 5 rings (SSSR count). The highest BCUT2D eigenvalue weighted by atomic mass is 32.1. The Kier molecular flexibility index (Phi) is 4.65. The van der Waals surface area contributed by atoms with Gasteiger partial charge in [-0.2, -0.15) is 0 Å². The van der Waals surface area contributed by atoms with Crippen molar-refractivity contribution in [3.8, 4) is 5.75 Å². The van der Waals surface area contributed by atoms with E-state index in [9.17, 15) is 4.79 Å². The highest BCUT2D eigenvalue weighted by molar-refractivity contribution is 7.22. The highest BCUT2D eigenvalue weighted by Gasteiger charge is 2.24. The fourth-order valence-corrected chi connectivity index (χ4v) is 4.40. The van der Waals surface area contributed by atoms with E-state index >= 15 is 0 Å². The number of carbonyl (C=O) groups excluding carboxylic acids is 1. The number of ether oxygens (including phenoxy) is 1. The zero-order valence-electron chi connectivity index (χ0n) is 16.2. The Morgan fingerprint density at radius 1 is 1.13 bits per heavy atom. The van der Waals surface area contributed by atoms with E-state index in [0.717, 1.165) is 32.6 Å². The van der Waals surface area contributed by atoms with Gasteiger partial charge in [0.15, 0.2) is 5.13 Å². The maximum Gasteiger partial charge on any atom is 0.262 e. The van der Waals surface area contributed by atoms with Gasteiger partial charge >= 0.3 is 0 Å². The molecule has 2 aromatic carbocycles. The maximum absolute atomic E-state index is 13.6. The van der Waals surface area contributed by atoms with Gasteiger partial charge in [-0.15, -0.1) is 0 Å². The Balaban J connectivity index is 1.60. The second-order valence-electron chi connectivity index (χ2n) is 6.79. The van der Waals surface area contributed by atoms with Crippen LogP contribution in [0.15, 0.2) is 73.1 Å². The molecule has 5 aromatic rings. The number of benzene rings is 2. The van der Waals surface area contributed by atoms with Crippen LogP contribution in [0.1, 0.15) is 16.1 Å². The predicted octanol–water partition coefficient (Wildman–Crippen LogP) is 5.03. The van der Waals surface area contributed by atoms with Gasteiger partial charge in [0.1, 0.15) is 5.75 Å². The first-order chi connectivity index (χ1) is 14.7. The molecular weight excluding hydrogens is 396 g/mol. The molecule has 30 heavy (non-hydrogen) atoms. The van der Waals surface area contributed by atoms with Gasteiger partial charge in [-0.25, -0.2) is 4.98 Å². The van der Waals surface area contributed by atoms with E-state index < -0.39 is 0 Å². The predicted molar refractivity (Wildman–Crippen MR) is 119 cm³/mol. The minimum atomic E-state index is -0.121. The summed E-state index contributed by atoms with van der Waals surface area (Å²) in [4.78, 5) is 27.7. The second kappa shape index (κ2) is 7.61. The summed E-state index contributed by atoms with van der Waals surface area (Å²) in [5.41, 5.74) is 3.15. The molecule has 3 aromatic heterocycles. The molecule has 1 N–H and O–H groups in total. The molecule has 0 saturated carbocycles. The normalized spacial score (nSPS) is 11.1. The molecule has 0 atom stereocenters. The standard InChI is InChI=1S/C23H18N4O2S/c1-29-16-9-10-20-21(12-16)30-23(26-20)27(14-15-6-4-5-11-24-15)22(28)18-13-25-19-8-3-2-7-17(18)19/h2-13,25H,14H2,1H3. The molecule has 0 aliphatic heterocycles. The number of amides is 1. The minimum absolute atomic E-state index is 0.121. The van der Waals surface area contributed by atoms with E-state index in [4.69, 9.17) is 9.72 Å². The summed E-state index contributed by atoms with van der Waals surface area (Å²) in [6, 6.07) is 19.2. The lowest BCUT2D eigenvalue weighted by atomic mass is 10.1. The average Bonchev–Trinajstić information content (AvgIpc) is 3.41. The Bertz CT molecular complexity index is 1340. The maximum atomic E-state index is 13.6. The van der Waals surface area contributed by atoms with Crippen LogP contribution in [0.4, 0.5) is 5.13 Å². The third-order valence-electron chi connectivity index (χ3n) is 4.93. The Morgan fingerprint density at radius 3 is 2.83 bits per heavy atom. The van der Waals surface area contributed by atoms with Gasteiger partial charge < -0.3 is 9.72 Å². The minimum Gasteiger partial charge on any atom is -0.497 e. The van der Waals surface area contributed by atoms with Gasteiger partial charge in [0.05, 0.1) is 35.1 Å². The van der Waals surface area contributed by atoms with E-state index in [0.29, 0.717) is 17.2 Å². The summed E-state index contributed by atoms with van der Waals surface area (Å²) in [6.45, 7) is 0.330. The van der Waals surface area contributed by atoms with Crippen LogP contribution >= 0.6 is 11.3 Å². The van der Waals surface area contributed by atoms with Crippen molar-refractivity contribution >= 4 is 43.5 Å². The van der Waals surface area contributed by atoms with Crippen molar-refractivity contribution in [2.45, 2.75) is 6.54 Å². The number of para-hydroxylation sites is 1. The number of aromatic nitrogens is 3. The van der Waals surface area contributed by atoms with Gasteiger partial charge in [0.25, 0.3) is 5.91 Å². The van der Waals surface area contributed by atoms with Crippen molar-refractivity contribution in [3.63, 3.8) is 0 Å². The third-order valence-corrected chi connectivity index (χ3v) is 5.97. The topological polar surface area (TPSA) is 71.1 Å². The number of nitrogens with one attached hydrogen (secondary N) is 1. The number of thiazole rings is 1. The monoisotopic (exact) mass is 414 g/mol. The molecular formula is C23H18N4O2S. The first-order valence-corrected chi connectivity index (χ1v) is 10.3. The SMILES string of the molecule is COc1ccc2nc(N(Cc3ccccn3)C(=O)c3c[nH]c4ccccc34)sc2c1. The number of anilines is 1. The number of fused-ring (bicyclic) bond motifs is 2.